The van der Waals surface area contributed by atoms with Gasteiger partial charge >= 0.3 is 0 Å². The third-order valence-corrected chi connectivity index (χ3v) is 6.57. The number of benzene rings is 3. The van der Waals surface area contributed by atoms with Crippen LogP contribution in [-0.2, 0) is 10.8 Å². The molecule has 168 valence electrons. The zero-order valence-corrected chi connectivity index (χ0v) is 22.0. The molecule has 0 saturated heterocycles. The van der Waals surface area contributed by atoms with E-state index in [1.165, 1.54) is 16.7 Å². The van der Waals surface area contributed by atoms with Crippen molar-refractivity contribution in [1.82, 2.24) is 4.98 Å². The first-order chi connectivity index (χ1) is 15.5. The number of aromatic nitrogens is 1. The van der Waals surface area contributed by atoms with E-state index in [1.54, 1.807) is 0 Å². The van der Waals surface area contributed by atoms with E-state index in [4.69, 9.17) is 4.98 Å². The fraction of sp³-hybridized carbons (Fsp3) is 0.258. The van der Waals surface area contributed by atoms with Gasteiger partial charge in [-0.15, -0.1) is 0 Å². The summed E-state index contributed by atoms with van der Waals surface area (Å²) in [4.78, 5) is 5.09. The summed E-state index contributed by atoms with van der Waals surface area (Å²) in [7, 11) is 0. The molecule has 0 amide bonds. The van der Waals surface area contributed by atoms with Crippen molar-refractivity contribution in [2.75, 3.05) is 0 Å². The molecule has 0 bridgehead atoms. The van der Waals surface area contributed by atoms with Gasteiger partial charge in [-0.1, -0.05) is 118 Å². The zero-order chi connectivity index (χ0) is 23.8. The van der Waals surface area contributed by atoms with Crippen LogP contribution < -0.4 is 0 Å². The summed E-state index contributed by atoms with van der Waals surface area (Å²) in [5, 5.41) is 0. The van der Waals surface area contributed by atoms with E-state index >= 15 is 0 Å². The summed E-state index contributed by atoms with van der Waals surface area (Å²) >= 11 is 3.62. The van der Waals surface area contributed by atoms with E-state index in [0.717, 1.165) is 32.6 Å². The minimum atomic E-state index is 0.129. The number of hydrogen-bond donors (Lipinski definition) is 0. The molecule has 2 heteroatoms. The number of nitrogens with zero attached hydrogens (tertiary/aromatic N) is 1. The second-order valence-corrected chi connectivity index (χ2v) is 11.7. The topological polar surface area (TPSA) is 12.9 Å². The van der Waals surface area contributed by atoms with Gasteiger partial charge in [0.2, 0.25) is 0 Å². The molecule has 0 radical (unpaired) electrons. The Morgan fingerprint density at radius 2 is 0.970 bits per heavy atom. The average Bonchev–Trinajstić information content (AvgIpc) is 2.78. The molecule has 4 aromatic rings. The summed E-state index contributed by atoms with van der Waals surface area (Å²) < 4.78 is 1.07. The van der Waals surface area contributed by atoms with Crippen LogP contribution in [0.5, 0.6) is 0 Å². The highest BCUT2D eigenvalue weighted by Crippen LogP contribution is 2.33. The van der Waals surface area contributed by atoms with Crippen molar-refractivity contribution in [3.8, 4) is 33.6 Å². The van der Waals surface area contributed by atoms with E-state index in [9.17, 15) is 0 Å². The first-order valence-corrected chi connectivity index (χ1v) is 12.3. The average molecular weight is 499 g/mol. The molecule has 0 unspecified atom stereocenters. The molecule has 1 heterocycles. The highest BCUT2D eigenvalue weighted by atomic mass is 79.9. The normalized spacial score (nSPS) is 12.1. The number of pyridine rings is 1. The molecule has 0 aliphatic heterocycles. The summed E-state index contributed by atoms with van der Waals surface area (Å²) in [6, 6.07) is 30.5. The second-order valence-electron chi connectivity index (χ2n) is 10.8. The van der Waals surface area contributed by atoms with Gasteiger partial charge in [-0.25, -0.2) is 4.98 Å². The number of rotatable bonds is 3. The van der Waals surface area contributed by atoms with Gasteiger partial charge in [0.1, 0.15) is 0 Å². The predicted octanol–water partition coefficient (Wildman–Crippen LogP) is 9.44. The first-order valence-electron chi connectivity index (χ1n) is 11.5. The van der Waals surface area contributed by atoms with Crippen LogP contribution in [0.25, 0.3) is 33.6 Å². The van der Waals surface area contributed by atoms with Gasteiger partial charge in [0.25, 0.3) is 0 Å². The van der Waals surface area contributed by atoms with Crippen molar-refractivity contribution in [2.45, 2.75) is 52.4 Å². The van der Waals surface area contributed by atoms with Crippen LogP contribution in [0, 0.1) is 0 Å². The van der Waals surface area contributed by atoms with Gasteiger partial charge < -0.3 is 0 Å². The van der Waals surface area contributed by atoms with Gasteiger partial charge in [0.15, 0.2) is 0 Å². The Labute approximate surface area is 207 Å². The highest BCUT2D eigenvalue weighted by Gasteiger charge is 2.16. The van der Waals surface area contributed by atoms with Crippen LogP contribution in [0.15, 0.2) is 89.4 Å². The molecule has 0 aliphatic carbocycles. The largest absolute Gasteiger partial charge is 0.248 e. The molecular weight excluding hydrogens is 466 g/mol. The summed E-state index contributed by atoms with van der Waals surface area (Å²) in [6.07, 6.45) is 0. The van der Waals surface area contributed by atoms with Gasteiger partial charge in [-0.3, -0.25) is 0 Å². The fourth-order valence-electron chi connectivity index (χ4n) is 3.94. The minimum Gasteiger partial charge on any atom is -0.248 e. The summed E-state index contributed by atoms with van der Waals surface area (Å²) in [5.74, 6) is 0. The van der Waals surface area contributed by atoms with Crippen LogP contribution in [0.2, 0.25) is 0 Å². The predicted molar refractivity (Wildman–Crippen MR) is 146 cm³/mol. The third-order valence-electron chi connectivity index (χ3n) is 6.08. The van der Waals surface area contributed by atoms with Crippen molar-refractivity contribution in [3.63, 3.8) is 0 Å². The van der Waals surface area contributed by atoms with Crippen LogP contribution in [-0.4, -0.2) is 4.98 Å². The summed E-state index contributed by atoms with van der Waals surface area (Å²) in [5.41, 5.74) is 9.49. The Balaban J connectivity index is 1.84. The van der Waals surface area contributed by atoms with Crippen molar-refractivity contribution in [3.05, 3.63) is 101 Å². The third kappa shape index (κ3) is 5.45. The maximum atomic E-state index is 5.09. The molecule has 0 saturated carbocycles. The van der Waals surface area contributed by atoms with Gasteiger partial charge in [-0.2, -0.15) is 0 Å². The van der Waals surface area contributed by atoms with Crippen molar-refractivity contribution >= 4 is 15.9 Å². The Kier molecular flexibility index (Phi) is 6.33. The van der Waals surface area contributed by atoms with Crippen LogP contribution in [0.3, 0.4) is 0 Å². The smallest absolute Gasteiger partial charge is 0.0715 e. The van der Waals surface area contributed by atoms with E-state index in [0.29, 0.717) is 0 Å². The van der Waals surface area contributed by atoms with Crippen LogP contribution in [0.1, 0.15) is 52.7 Å². The maximum absolute atomic E-state index is 5.09. The molecule has 1 aromatic heterocycles. The second kappa shape index (κ2) is 8.91. The van der Waals surface area contributed by atoms with E-state index in [-0.39, 0.29) is 10.8 Å². The molecule has 1 nitrogen and oxygen atoms in total. The lowest BCUT2D eigenvalue weighted by atomic mass is 9.86. The number of halogens is 1. The van der Waals surface area contributed by atoms with Crippen LogP contribution >= 0.6 is 15.9 Å². The first kappa shape index (κ1) is 23.4. The lowest BCUT2D eigenvalue weighted by Gasteiger charge is -2.20. The molecule has 0 fully saturated rings. The van der Waals surface area contributed by atoms with Gasteiger partial charge in [-0.05, 0) is 57.3 Å². The van der Waals surface area contributed by atoms with Gasteiger partial charge in [0, 0.05) is 15.6 Å². The summed E-state index contributed by atoms with van der Waals surface area (Å²) in [6.45, 7) is 13.5. The van der Waals surface area contributed by atoms with Gasteiger partial charge in [0.05, 0.1) is 11.4 Å². The SMILES string of the molecule is CC(C)(C)c1ccc(-c2cc(-c3cccc(Br)c3)cc(-c3ccc(C(C)(C)C)cc3)n2)cc1. The maximum Gasteiger partial charge on any atom is 0.0715 e. The van der Waals surface area contributed by atoms with Crippen molar-refractivity contribution < 1.29 is 0 Å². The fourth-order valence-corrected chi connectivity index (χ4v) is 4.34. The molecule has 0 aliphatic rings. The number of hydrogen-bond acceptors (Lipinski definition) is 1. The lowest BCUT2D eigenvalue weighted by Crippen LogP contribution is -2.10. The Hall–Kier alpha value is -2.71. The zero-order valence-electron chi connectivity index (χ0n) is 20.4. The molecule has 0 spiro atoms. The molecule has 0 atom stereocenters. The highest BCUT2D eigenvalue weighted by molar-refractivity contribution is 9.10. The Morgan fingerprint density at radius 1 is 0.515 bits per heavy atom. The minimum absolute atomic E-state index is 0.129. The van der Waals surface area contributed by atoms with E-state index < -0.39 is 0 Å². The molecule has 0 N–H and O–H groups in total. The van der Waals surface area contributed by atoms with Crippen molar-refractivity contribution in [2.24, 2.45) is 0 Å². The molecule has 3 aromatic carbocycles. The van der Waals surface area contributed by atoms with Crippen LogP contribution in [0.4, 0.5) is 0 Å². The quantitative estimate of drug-likeness (QED) is 0.274. The Morgan fingerprint density at radius 3 is 1.36 bits per heavy atom. The standard InChI is InChI=1S/C31H32BrN/c1-30(2,3)25-14-10-21(11-15-25)28-19-24(23-8-7-9-27(32)18-23)20-29(33-28)22-12-16-26(17-13-22)31(4,5)6/h7-20H,1-6H3. The molecule has 4 rings (SSSR count). The monoisotopic (exact) mass is 497 g/mol. The molecular formula is C31H32BrN. The lowest BCUT2D eigenvalue weighted by molar-refractivity contribution is 0.590. The van der Waals surface area contributed by atoms with Crippen molar-refractivity contribution in [1.29, 1.82) is 0 Å². The molecule has 33 heavy (non-hydrogen) atoms. The van der Waals surface area contributed by atoms with E-state index in [1.807, 2.05) is 0 Å². The Bertz CT molecular complexity index is 1180. The van der Waals surface area contributed by atoms with E-state index in [2.05, 4.69) is 142 Å².